The number of carbonyl (C=O) groups is 2. The Morgan fingerprint density at radius 2 is 1.97 bits per heavy atom. The molecule has 2 aromatic heterocycles. The second-order valence-electron chi connectivity index (χ2n) is 7.68. The van der Waals surface area contributed by atoms with Crippen molar-refractivity contribution in [3.8, 4) is 17.0 Å². The van der Waals surface area contributed by atoms with Gasteiger partial charge in [0.05, 0.1) is 18.3 Å². The number of nitrogens with zero attached hydrogens (tertiary/aromatic N) is 2. The maximum atomic E-state index is 13.3. The molecule has 1 fully saturated rings. The Morgan fingerprint density at radius 1 is 1.13 bits per heavy atom. The monoisotopic (exact) mass is 415 g/mol. The number of nitrogens with one attached hydrogen (secondary N) is 1. The van der Waals surface area contributed by atoms with Crippen molar-refractivity contribution < 1.29 is 19.4 Å². The number of aromatic nitrogens is 2. The van der Waals surface area contributed by atoms with Gasteiger partial charge in [-0.15, -0.1) is 0 Å². The fraction of sp³-hybridized carbons (Fsp3) is 0.208. The number of rotatable bonds is 4. The van der Waals surface area contributed by atoms with Gasteiger partial charge in [-0.25, -0.2) is 9.78 Å². The second kappa shape index (κ2) is 7.43. The van der Waals surface area contributed by atoms with Gasteiger partial charge in [0.2, 0.25) is 0 Å². The average molecular weight is 415 g/mol. The van der Waals surface area contributed by atoms with Gasteiger partial charge in [-0.2, -0.15) is 0 Å². The zero-order chi connectivity index (χ0) is 21.5. The van der Waals surface area contributed by atoms with Crippen molar-refractivity contribution >= 4 is 33.7 Å². The Kier molecular flexibility index (Phi) is 4.58. The number of fused-ring (bicyclic) bond motifs is 3. The lowest BCUT2D eigenvalue weighted by Gasteiger charge is -2.21. The number of methoxy groups -OCH3 is 1. The number of aliphatic carboxylic acids is 1. The summed E-state index contributed by atoms with van der Waals surface area (Å²) in [7, 11) is 1.60. The number of ether oxygens (including phenoxy) is 1. The van der Waals surface area contributed by atoms with Crippen LogP contribution >= 0.6 is 0 Å². The minimum atomic E-state index is -0.980. The number of aromatic amines is 1. The number of para-hydroxylation sites is 1. The summed E-state index contributed by atoms with van der Waals surface area (Å²) >= 11 is 0. The number of H-pyrrole nitrogens is 1. The van der Waals surface area contributed by atoms with Crippen LogP contribution in [0.1, 0.15) is 23.3 Å². The molecule has 156 valence electrons. The van der Waals surface area contributed by atoms with Gasteiger partial charge in [0.1, 0.15) is 17.5 Å². The summed E-state index contributed by atoms with van der Waals surface area (Å²) in [6, 6.07) is 16.3. The van der Waals surface area contributed by atoms with Gasteiger partial charge in [-0.3, -0.25) is 4.79 Å². The summed E-state index contributed by atoms with van der Waals surface area (Å²) in [5, 5.41) is 11.4. The van der Waals surface area contributed by atoms with Gasteiger partial charge in [-0.1, -0.05) is 30.3 Å². The first-order valence-corrected chi connectivity index (χ1v) is 10.2. The van der Waals surface area contributed by atoms with Gasteiger partial charge in [0.25, 0.3) is 5.91 Å². The highest BCUT2D eigenvalue weighted by Crippen LogP contribution is 2.34. The highest BCUT2D eigenvalue weighted by molar-refractivity contribution is 6.13. The van der Waals surface area contributed by atoms with Crippen molar-refractivity contribution in [3.63, 3.8) is 0 Å². The quantitative estimate of drug-likeness (QED) is 0.524. The molecule has 1 amide bonds. The van der Waals surface area contributed by atoms with Crippen LogP contribution in [0.5, 0.6) is 5.75 Å². The molecule has 3 heterocycles. The maximum Gasteiger partial charge on any atom is 0.326 e. The molecule has 5 rings (SSSR count). The first-order chi connectivity index (χ1) is 15.1. The van der Waals surface area contributed by atoms with Gasteiger partial charge >= 0.3 is 5.97 Å². The maximum absolute atomic E-state index is 13.3. The van der Waals surface area contributed by atoms with Crippen molar-refractivity contribution in [2.24, 2.45) is 0 Å². The van der Waals surface area contributed by atoms with Crippen molar-refractivity contribution in [3.05, 3.63) is 60.3 Å². The molecule has 2 aromatic carbocycles. The SMILES string of the molecule is COc1cccc(-c2nc(C(=O)N3CCCC3C(=O)O)cc3c2[nH]c2ccccc23)c1. The Hall–Kier alpha value is -3.87. The van der Waals surface area contributed by atoms with E-state index in [1.165, 1.54) is 4.90 Å². The van der Waals surface area contributed by atoms with Crippen LogP contribution in [-0.2, 0) is 4.79 Å². The molecule has 1 saturated heterocycles. The summed E-state index contributed by atoms with van der Waals surface area (Å²) in [4.78, 5) is 34.5. The Labute approximate surface area is 178 Å². The minimum Gasteiger partial charge on any atom is -0.497 e. The van der Waals surface area contributed by atoms with Crippen molar-refractivity contribution in [2.75, 3.05) is 13.7 Å². The van der Waals surface area contributed by atoms with Gasteiger partial charge in [0.15, 0.2) is 0 Å². The normalized spacial score (nSPS) is 16.2. The van der Waals surface area contributed by atoms with Crippen molar-refractivity contribution in [1.29, 1.82) is 0 Å². The molecule has 0 radical (unpaired) electrons. The zero-order valence-electron chi connectivity index (χ0n) is 17.0. The number of likely N-dealkylation sites (tertiary alicyclic amines) is 1. The molecule has 0 aliphatic carbocycles. The number of carboxylic acid groups (broad SMARTS) is 1. The number of benzene rings is 2. The summed E-state index contributed by atoms with van der Waals surface area (Å²) in [5.74, 6) is -0.654. The van der Waals surface area contributed by atoms with E-state index in [0.717, 1.165) is 27.4 Å². The van der Waals surface area contributed by atoms with Crippen molar-refractivity contribution in [2.45, 2.75) is 18.9 Å². The lowest BCUT2D eigenvalue weighted by molar-refractivity contribution is -0.141. The van der Waals surface area contributed by atoms with E-state index in [4.69, 9.17) is 9.72 Å². The average Bonchev–Trinajstić information content (AvgIpc) is 3.43. The zero-order valence-corrected chi connectivity index (χ0v) is 17.0. The van der Waals surface area contributed by atoms with Gasteiger partial charge < -0.3 is 19.7 Å². The summed E-state index contributed by atoms with van der Waals surface area (Å²) in [5.41, 5.74) is 3.44. The summed E-state index contributed by atoms with van der Waals surface area (Å²) in [6.07, 6.45) is 1.12. The van der Waals surface area contributed by atoms with E-state index in [9.17, 15) is 14.7 Å². The fourth-order valence-corrected chi connectivity index (χ4v) is 4.35. The molecule has 1 unspecified atom stereocenters. The highest BCUT2D eigenvalue weighted by Gasteiger charge is 2.35. The van der Waals surface area contributed by atoms with E-state index in [0.29, 0.717) is 30.8 Å². The van der Waals surface area contributed by atoms with E-state index in [1.807, 2.05) is 48.5 Å². The molecule has 1 aliphatic heterocycles. The Morgan fingerprint density at radius 3 is 2.77 bits per heavy atom. The lowest BCUT2D eigenvalue weighted by Crippen LogP contribution is -2.40. The van der Waals surface area contributed by atoms with Crippen LogP contribution in [0, 0.1) is 0 Å². The van der Waals surface area contributed by atoms with Crippen LogP contribution < -0.4 is 4.74 Å². The van der Waals surface area contributed by atoms with Crippen LogP contribution in [-0.4, -0.2) is 51.5 Å². The van der Waals surface area contributed by atoms with Crippen molar-refractivity contribution in [1.82, 2.24) is 14.9 Å². The second-order valence-corrected chi connectivity index (χ2v) is 7.68. The van der Waals surface area contributed by atoms with Crippen LogP contribution in [0.15, 0.2) is 54.6 Å². The first kappa shape index (κ1) is 19.1. The fourth-order valence-electron chi connectivity index (χ4n) is 4.35. The summed E-state index contributed by atoms with van der Waals surface area (Å²) < 4.78 is 5.37. The molecule has 0 bridgehead atoms. The van der Waals surface area contributed by atoms with Gasteiger partial charge in [-0.05, 0) is 37.1 Å². The highest BCUT2D eigenvalue weighted by atomic mass is 16.5. The largest absolute Gasteiger partial charge is 0.497 e. The Balaban J connectivity index is 1.73. The minimum absolute atomic E-state index is 0.239. The molecule has 7 heteroatoms. The molecular weight excluding hydrogens is 394 g/mol. The van der Waals surface area contributed by atoms with E-state index in [-0.39, 0.29) is 11.6 Å². The predicted octanol–water partition coefficient (Wildman–Crippen LogP) is 4.08. The van der Waals surface area contributed by atoms with Crippen LogP contribution in [0.2, 0.25) is 0 Å². The number of carbonyl (C=O) groups excluding carboxylic acids is 1. The molecule has 0 spiro atoms. The smallest absolute Gasteiger partial charge is 0.326 e. The number of amides is 1. The molecule has 1 atom stereocenters. The third-order valence-corrected chi connectivity index (χ3v) is 5.86. The number of carboxylic acids is 1. The summed E-state index contributed by atoms with van der Waals surface area (Å²) in [6.45, 7) is 0.415. The van der Waals surface area contributed by atoms with E-state index in [1.54, 1.807) is 13.2 Å². The van der Waals surface area contributed by atoms with Gasteiger partial charge in [0, 0.05) is 28.4 Å². The van der Waals surface area contributed by atoms with Crippen LogP contribution in [0.4, 0.5) is 0 Å². The van der Waals surface area contributed by atoms with Crippen LogP contribution in [0.25, 0.3) is 33.1 Å². The third kappa shape index (κ3) is 3.18. The van der Waals surface area contributed by atoms with E-state index >= 15 is 0 Å². The number of hydrogen-bond donors (Lipinski definition) is 2. The standard InChI is InChI=1S/C24H21N3O4/c1-31-15-7-4-6-14(12-15)21-22-17(16-8-2-3-9-18(16)25-22)13-19(26-21)23(28)27-11-5-10-20(27)24(29)30/h2-4,6-9,12-13,20,25H,5,10-11H2,1H3,(H,29,30). The number of hydrogen-bond acceptors (Lipinski definition) is 4. The molecular formula is C24H21N3O4. The molecule has 31 heavy (non-hydrogen) atoms. The Bertz CT molecular complexity index is 1330. The number of pyridine rings is 1. The molecule has 2 N–H and O–H groups in total. The van der Waals surface area contributed by atoms with E-state index < -0.39 is 12.0 Å². The third-order valence-electron chi connectivity index (χ3n) is 5.86. The molecule has 4 aromatic rings. The molecule has 0 saturated carbocycles. The topological polar surface area (TPSA) is 95.5 Å². The lowest BCUT2D eigenvalue weighted by atomic mass is 10.1. The first-order valence-electron chi connectivity index (χ1n) is 10.2. The molecule has 1 aliphatic rings. The van der Waals surface area contributed by atoms with E-state index in [2.05, 4.69) is 4.98 Å². The molecule has 7 nitrogen and oxygen atoms in total. The predicted molar refractivity (Wildman–Crippen MR) is 117 cm³/mol. The van der Waals surface area contributed by atoms with Crippen LogP contribution in [0.3, 0.4) is 0 Å².